The van der Waals surface area contributed by atoms with Crippen molar-refractivity contribution in [2.75, 3.05) is 6.54 Å². The Morgan fingerprint density at radius 2 is 2.36 bits per heavy atom. The zero-order chi connectivity index (χ0) is 10.1. The fraction of sp³-hybridized carbons (Fsp3) is 0.300. The SMILES string of the molecule is CC(CN)c1[nH]nc2cc(F)ccc12. The first-order valence-electron chi connectivity index (χ1n) is 4.56. The molecule has 0 spiro atoms. The Morgan fingerprint density at radius 3 is 3.07 bits per heavy atom. The van der Waals surface area contributed by atoms with Gasteiger partial charge in [0.2, 0.25) is 0 Å². The van der Waals surface area contributed by atoms with Crippen LogP contribution in [-0.4, -0.2) is 16.7 Å². The largest absolute Gasteiger partial charge is 0.330 e. The van der Waals surface area contributed by atoms with Gasteiger partial charge < -0.3 is 5.73 Å². The number of hydrogen-bond donors (Lipinski definition) is 2. The van der Waals surface area contributed by atoms with Crippen molar-refractivity contribution in [1.82, 2.24) is 10.2 Å². The van der Waals surface area contributed by atoms with E-state index in [1.807, 2.05) is 6.92 Å². The molecule has 1 atom stereocenters. The molecule has 0 radical (unpaired) electrons. The summed E-state index contributed by atoms with van der Waals surface area (Å²) in [6.07, 6.45) is 0. The highest BCUT2D eigenvalue weighted by atomic mass is 19.1. The van der Waals surface area contributed by atoms with Gasteiger partial charge in [0.25, 0.3) is 0 Å². The quantitative estimate of drug-likeness (QED) is 0.763. The van der Waals surface area contributed by atoms with Crippen LogP contribution in [0.5, 0.6) is 0 Å². The number of halogens is 1. The molecule has 2 aromatic rings. The van der Waals surface area contributed by atoms with Gasteiger partial charge in [-0.05, 0) is 12.1 Å². The van der Waals surface area contributed by atoms with E-state index in [4.69, 9.17) is 5.73 Å². The summed E-state index contributed by atoms with van der Waals surface area (Å²) < 4.78 is 12.9. The molecule has 0 saturated carbocycles. The molecule has 0 aliphatic heterocycles. The molecule has 74 valence electrons. The van der Waals surface area contributed by atoms with Crippen molar-refractivity contribution in [3.63, 3.8) is 0 Å². The summed E-state index contributed by atoms with van der Waals surface area (Å²) in [6.45, 7) is 2.56. The van der Waals surface area contributed by atoms with E-state index in [9.17, 15) is 4.39 Å². The maximum Gasteiger partial charge on any atom is 0.125 e. The lowest BCUT2D eigenvalue weighted by atomic mass is 10.0. The van der Waals surface area contributed by atoms with E-state index < -0.39 is 0 Å². The third kappa shape index (κ3) is 1.37. The average molecular weight is 193 g/mol. The van der Waals surface area contributed by atoms with Crippen LogP contribution in [-0.2, 0) is 0 Å². The van der Waals surface area contributed by atoms with Gasteiger partial charge in [-0.15, -0.1) is 0 Å². The Morgan fingerprint density at radius 1 is 1.57 bits per heavy atom. The lowest BCUT2D eigenvalue weighted by molar-refractivity contribution is 0.629. The first-order chi connectivity index (χ1) is 6.72. The number of H-pyrrole nitrogens is 1. The molecule has 1 aromatic heterocycles. The van der Waals surface area contributed by atoms with Crippen molar-refractivity contribution in [3.8, 4) is 0 Å². The average Bonchev–Trinajstić information content (AvgIpc) is 2.59. The summed E-state index contributed by atoms with van der Waals surface area (Å²) in [5, 5.41) is 7.87. The Labute approximate surface area is 81.1 Å². The summed E-state index contributed by atoms with van der Waals surface area (Å²) in [4.78, 5) is 0. The normalized spacial score (nSPS) is 13.4. The second-order valence-electron chi connectivity index (χ2n) is 3.44. The minimum Gasteiger partial charge on any atom is -0.330 e. The van der Waals surface area contributed by atoms with Crippen LogP contribution < -0.4 is 5.73 Å². The van der Waals surface area contributed by atoms with Gasteiger partial charge in [0.1, 0.15) is 5.82 Å². The second-order valence-corrected chi connectivity index (χ2v) is 3.44. The van der Waals surface area contributed by atoms with Crippen LogP contribution in [0.1, 0.15) is 18.5 Å². The zero-order valence-electron chi connectivity index (χ0n) is 7.92. The fourth-order valence-electron chi connectivity index (χ4n) is 1.50. The van der Waals surface area contributed by atoms with Crippen molar-refractivity contribution in [3.05, 3.63) is 29.7 Å². The number of hydrogen-bond acceptors (Lipinski definition) is 2. The van der Waals surface area contributed by atoms with Crippen LogP contribution in [0.25, 0.3) is 10.9 Å². The maximum atomic E-state index is 12.9. The second kappa shape index (κ2) is 3.38. The van der Waals surface area contributed by atoms with Gasteiger partial charge in [0.05, 0.1) is 5.52 Å². The minimum absolute atomic E-state index is 0.213. The molecule has 1 heterocycles. The molecular weight excluding hydrogens is 181 g/mol. The monoisotopic (exact) mass is 193 g/mol. The van der Waals surface area contributed by atoms with Gasteiger partial charge in [0, 0.05) is 29.6 Å². The van der Waals surface area contributed by atoms with E-state index in [0.717, 1.165) is 11.1 Å². The summed E-state index contributed by atoms with van der Waals surface area (Å²) in [5.41, 5.74) is 7.19. The van der Waals surface area contributed by atoms with Crippen LogP contribution in [0, 0.1) is 5.82 Å². The molecule has 1 unspecified atom stereocenters. The fourth-order valence-corrected chi connectivity index (χ4v) is 1.50. The Balaban J connectivity index is 2.58. The van der Waals surface area contributed by atoms with E-state index in [1.165, 1.54) is 12.1 Å². The maximum absolute atomic E-state index is 12.9. The molecule has 3 N–H and O–H groups in total. The van der Waals surface area contributed by atoms with Crippen molar-refractivity contribution < 1.29 is 4.39 Å². The predicted molar refractivity (Wildman–Crippen MR) is 53.5 cm³/mol. The summed E-state index contributed by atoms with van der Waals surface area (Å²) in [6, 6.07) is 4.58. The molecule has 0 amide bonds. The number of rotatable bonds is 2. The van der Waals surface area contributed by atoms with Gasteiger partial charge in [-0.1, -0.05) is 6.92 Å². The third-order valence-corrected chi connectivity index (χ3v) is 2.39. The molecule has 0 fully saturated rings. The highest BCUT2D eigenvalue weighted by molar-refractivity contribution is 5.81. The number of aromatic amines is 1. The number of aromatic nitrogens is 2. The lowest BCUT2D eigenvalue weighted by Gasteiger charge is -2.05. The number of nitrogens with zero attached hydrogens (tertiary/aromatic N) is 1. The van der Waals surface area contributed by atoms with E-state index >= 15 is 0 Å². The van der Waals surface area contributed by atoms with Gasteiger partial charge >= 0.3 is 0 Å². The van der Waals surface area contributed by atoms with Crippen molar-refractivity contribution in [1.29, 1.82) is 0 Å². The third-order valence-electron chi connectivity index (χ3n) is 2.39. The van der Waals surface area contributed by atoms with Gasteiger partial charge in [0.15, 0.2) is 0 Å². The molecule has 1 aromatic carbocycles. The molecule has 2 rings (SSSR count). The first kappa shape index (κ1) is 9.15. The summed E-state index contributed by atoms with van der Waals surface area (Å²) >= 11 is 0. The predicted octanol–water partition coefficient (Wildman–Crippen LogP) is 1.76. The van der Waals surface area contributed by atoms with Gasteiger partial charge in [-0.3, -0.25) is 5.10 Å². The van der Waals surface area contributed by atoms with Crippen molar-refractivity contribution >= 4 is 10.9 Å². The first-order valence-corrected chi connectivity index (χ1v) is 4.56. The molecule has 14 heavy (non-hydrogen) atoms. The van der Waals surface area contributed by atoms with Crippen molar-refractivity contribution in [2.24, 2.45) is 5.73 Å². The molecule has 3 nitrogen and oxygen atoms in total. The number of nitrogens with two attached hydrogens (primary N) is 1. The standard InChI is InChI=1S/C10H12FN3/c1-6(5-12)10-8-3-2-7(11)4-9(8)13-14-10/h2-4,6H,5,12H2,1H3,(H,13,14). The topological polar surface area (TPSA) is 54.7 Å². The van der Waals surface area contributed by atoms with Crippen molar-refractivity contribution in [2.45, 2.75) is 12.8 Å². The van der Waals surface area contributed by atoms with Crippen LogP contribution in [0.15, 0.2) is 18.2 Å². The molecule has 0 saturated heterocycles. The highest BCUT2D eigenvalue weighted by Gasteiger charge is 2.11. The van der Waals surface area contributed by atoms with Gasteiger partial charge in [-0.2, -0.15) is 5.10 Å². The van der Waals surface area contributed by atoms with E-state index in [-0.39, 0.29) is 11.7 Å². The number of benzene rings is 1. The Bertz CT molecular complexity index is 450. The van der Waals surface area contributed by atoms with Crippen LogP contribution in [0.3, 0.4) is 0 Å². The number of nitrogens with one attached hydrogen (secondary N) is 1. The Kier molecular flexibility index (Phi) is 2.21. The molecule has 0 aliphatic rings. The van der Waals surface area contributed by atoms with Crippen LogP contribution >= 0.6 is 0 Å². The smallest absolute Gasteiger partial charge is 0.125 e. The summed E-state index contributed by atoms with van der Waals surface area (Å²) in [5.74, 6) is -0.0542. The molecule has 0 aliphatic carbocycles. The Hall–Kier alpha value is -1.42. The highest BCUT2D eigenvalue weighted by Crippen LogP contribution is 2.22. The van der Waals surface area contributed by atoms with E-state index in [2.05, 4.69) is 10.2 Å². The molecule has 4 heteroatoms. The van der Waals surface area contributed by atoms with Crippen LogP contribution in [0.4, 0.5) is 4.39 Å². The number of fused-ring (bicyclic) bond motifs is 1. The van der Waals surface area contributed by atoms with E-state index in [1.54, 1.807) is 6.07 Å². The van der Waals surface area contributed by atoms with E-state index in [0.29, 0.717) is 12.1 Å². The molecule has 0 bridgehead atoms. The minimum atomic E-state index is -0.268. The zero-order valence-corrected chi connectivity index (χ0v) is 7.92. The van der Waals surface area contributed by atoms with Crippen LogP contribution in [0.2, 0.25) is 0 Å². The van der Waals surface area contributed by atoms with Gasteiger partial charge in [-0.25, -0.2) is 4.39 Å². The summed E-state index contributed by atoms with van der Waals surface area (Å²) in [7, 11) is 0. The molecular formula is C10H12FN3. The lowest BCUT2D eigenvalue weighted by Crippen LogP contribution is -2.09.